The summed E-state index contributed by atoms with van der Waals surface area (Å²) in [5.41, 5.74) is 0.298. The minimum Gasteiger partial charge on any atom is -0.495 e. The van der Waals surface area contributed by atoms with Crippen molar-refractivity contribution in [3.05, 3.63) is 63.7 Å². The van der Waals surface area contributed by atoms with Crippen LogP contribution in [0.2, 0.25) is 0 Å². The van der Waals surface area contributed by atoms with E-state index in [0.717, 1.165) is 24.8 Å². The van der Waals surface area contributed by atoms with E-state index >= 15 is 0 Å². The average Bonchev–Trinajstić information content (AvgIpc) is 3.67. The van der Waals surface area contributed by atoms with Crippen molar-refractivity contribution < 1.29 is 51.2 Å². The summed E-state index contributed by atoms with van der Waals surface area (Å²) in [7, 11) is 0.445. The zero-order chi connectivity index (χ0) is 45.0. The molecule has 9 nitrogen and oxygen atoms in total. The predicted octanol–water partition coefficient (Wildman–Crippen LogP) is 10.1. The van der Waals surface area contributed by atoms with Crippen LogP contribution in [-0.2, 0) is 40.8 Å². The molecule has 9 atom stereocenters. The van der Waals surface area contributed by atoms with Crippen molar-refractivity contribution in [1.29, 1.82) is 0 Å². The van der Waals surface area contributed by atoms with Gasteiger partial charge < -0.3 is 32.8 Å². The predicted molar refractivity (Wildman–Crippen MR) is 232 cm³/mol. The Bertz CT molecular complexity index is 2050. The SMILES string of the molecule is COc1c(C[C@@H](Cl)B2OC3C[C@@H]4C[C@@H](C4(C)C)[C@]3(C)O2)ccc(F)c1C(=O)OC(C)(C)C.Cc1c(CB2OC3C[C@@H]4C[C@@H](C4(C)C)[C@]3(C)O2)ccc(F)c1C(=O)OC(C)(C)C. The third-order valence-corrected chi connectivity index (χ3v) is 15.6. The van der Waals surface area contributed by atoms with Crippen LogP contribution in [0, 0.1) is 53.1 Å². The van der Waals surface area contributed by atoms with Crippen LogP contribution in [0.1, 0.15) is 146 Å². The van der Waals surface area contributed by atoms with Gasteiger partial charge in [0.25, 0.3) is 0 Å². The van der Waals surface area contributed by atoms with Crippen LogP contribution in [0.5, 0.6) is 5.75 Å². The number of halogens is 3. The topological polar surface area (TPSA) is 98.8 Å². The average molecular weight is 869 g/mol. The monoisotopic (exact) mass is 868 g/mol. The van der Waals surface area contributed by atoms with Crippen molar-refractivity contribution in [2.45, 2.75) is 168 Å². The van der Waals surface area contributed by atoms with Gasteiger partial charge in [-0.1, -0.05) is 39.8 Å². The molecule has 6 saturated carbocycles. The lowest BCUT2D eigenvalue weighted by molar-refractivity contribution is -0.199. The number of carbonyl (C=O) groups excluding carboxylic acids is 2. The molecule has 14 heteroatoms. The number of benzene rings is 2. The molecule has 6 aliphatic carbocycles. The largest absolute Gasteiger partial charge is 0.495 e. The van der Waals surface area contributed by atoms with Crippen LogP contribution in [0.15, 0.2) is 24.3 Å². The van der Waals surface area contributed by atoms with E-state index in [1.807, 2.05) is 0 Å². The fourth-order valence-corrected chi connectivity index (χ4v) is 11.9. The minimum atomic E-state index is -0.770. The smallest absolute Gasteiger partial charge is 0.477 e. The number of carbonyl (C=O) groups is 2. The first kappa shape index (κ1) is 46.3. The first-order chi connectivity index (χ1) is 28.1. The summed E-state index contributed by atoms with van der Waals surface area (Å²) in [6.45, 7) is 25.9. The van der Waals surface area contributed by atoms with Crippen molar-refractivity contribution >= 4 is 37.8 Å². The van der Waals surface area contributed by atoms with E-state index in [-0.39, 0.29) is 52.8 Å². The van der Waals surface area contributed by atoms with E-state index < -0.39 is 47.2 Å². The van der Waals surface area contributed by atoms with Gasteiger partial charge >= 0.3 is 26.2 Å². The van der Waals surface area contributed by atoms with Crippen molar-refractivity contribution in [3.8, 4) is 5.75 Å². The van der Waals surface area contributed by atoms with Crippen LogP contribution in [0.4, 0.5) is 8.78 Å². The second-order valence-electron chi connectivity index (χ2n) is 22.0. The van der Waals surface area contributed by atoms with Crippen molar-refractivity contribution in [3.63, 3.8) is 0 Å². The molecule has 0 amide bonds. The number of methoxy groups -OCH3 is 1. The maximum absolute atomic E-state index is 14.6. The Kier molecular flexibility index (Phi) is 12.0. The van der Waals surface area contributed by atoms with Crippen LogP contribution in [-0.4, -0.2) is 73.2 Å². The van der Waals surface area contributed by atoms with E-state index in [4.69, 9.17) is 44.4 Å². The van der Waals surface area contributed by atoms with Crippen molar-refractivity contribution in [2.24, 2.45) is 34.5 Å². The van der Waals surface area contributed by atoms with Gasteiger partial charge in [0.1, 0.15) is 34.1 Å². The van der Waals surface area contributed by atoms with Gasteiger partial charge in [0.05, 0.1) is 41.4 Å². The lowest BCUT2D eigenvalue weighted by atomic mass is 9.43. The number of hydrogen-bond acceptors (Lipinski definition) is 9. The summed E-state index contributed by atoms with van der Waals surface area (Å²) in [6, 6.07) is 5.89. The molecule has 0 radical (unpaired) electrons. The highest BCUT2D eigenvalue weighted by Crippen LogP contribution is 2.67. The highest BCUT2D eigenvalue weighted by atomic mass is 35.5. The first-order valence-corrected chi connectivity index (χ1v) is 22.4. The summed E-state index contributed by atoms with van der Waals surface area (Å²) < 4.78 is 70.8. The molecule has 4 bridgehead atoms. The van der Waals surface area contributed by atoms with Crippen LogP contribution in [0.25, 0.3) is 0 Å². The summed E-state index contributed by atoms with van der Waals surface area (Å²) >= 11 is 6.77. The number of esters is 2. The molecule has 8 aliphatic rings. The Morgan fingerprint density at radius 2 is 1.23 bits per heavy atom. The quantitative estimate of drug-likeness (QED) is 0.146. The van der Waals surface area contributed by atoms with E-state index in [1.54, 1.807) is 60.6 Å². The second kappa shape index (κ2) is 15.8. The fourth-order valence-electron chi connectivity index (χ4n) is 11.6. The summed E-state index contributed by atoms with van der Waals surface area (Å²) in [5.74, 6) is -0.247. The normalized spacial score (nSPS) is 32.0. The Labute approximate surface area is 367 Å². The van der Waals surface area contributed by atoms with Gasteiger partial charge in [-0.15, -0.1) is 11.6 Å². The van der Waals surface area contributed by atoms with E-state index in [1.165, 1.54) is 25.7 Å². The minimum absolute atomic E-state index is 0.00226. The zero-order valence-corrected chi connectivity index (χ0v) is 39.3. The lowest BCUT2D eigenvalue weighted by Gasteiger charge is -2.64. The molecular weight excluding hydrogens is 804 g/mol. The van der Waals surface area contributed by atoms with Crippen LogP contribution < -0.4 is 4.74 Å². The number of rotatable bonds is 8. The van der Waals surface area contributed by atoms with Crippen LogP contribution in [0.3, 0.4) is 0 Å². The Morgan fingerprint density at radius 1 is 0.754 bits per heavy atom. The molecule has 2 saturated heterocycles. The van der Waals surface area contributed by atoms with Gasteiger partial charge in [-0.25, -0.2) is 18.4 Å². The Hall–Kier alpha value is -2.70. The first-order valence-electron chi connectivity index (χ1n) is 22.0. The summed E-state index contributed by atoms with van der Waals surface area (Å²) in [4.78, 5) is 25.2. The molecule has 2 aromatic rings. The molecule has 0 spiro atoms. The highest BCUT2D eigenvalue weighted by molar-refractivity contribution is 6.60. The lowest BCUT2D eigenvalue weighted by Crippen LogP contribution is -2.65. The van der Waals surface area contributed by atoms with Gasteiger partial charge in [-0.2, -0.15) is 0 Å². The Morgan fingerprint density at radius 3 is 1.74 bits per heavy atom. The van der Waals surface area contributed by atoms with Crippen molar-refractivity contribution in [1.82, 2.24) is 0 Å². The number of alkyl halides is 1. The van der Waals surface area contributed by atoms with E-state index in [9.17, 15) is 18.4 Å². The maximum Gasteiger partial charge on any atom is 0.477 e. The highest BCUT2D eigenvalue weighted by Gasteiger charge is 2.69. The van der Waals surface area contributed by atoms with Crippen LogP contribution >= 0.6 is 11.6 Å². The van der Waals surface area contributed by atoms with E-state index in [0.29, 0.717) is 53.0 Å². The van der Waals surface area contributed by atoms with E-state index in [2.05, 4.69) is 41.5 Å². The zero-order valence-electron chi connectivity index (χ0n) is 38.6. The van der Waals surface area contributed by atoms with Gasteiger partial charge in [0.2, 0.25) is 0 Å². The molecular formula is C47H65B2ClF2O9. The van der Waals surface area contributed by atoms with Crippen molar-refractivity contribution in [2.75, 3.05) is 7.11 Å². The van der Waals surface area contributed by atoms with Gasteiger partial charge in [-0.3, -0.25) is 0 Å². The standard InChI is InChI=1S/C24H33BClFO5.C23H32BFO4/c1-22(2,3)30-21(28)19-15(27)9-8-13(20(19)29-7)10-18(26)25-31-17-12-14-11-16(23(14,4)5)24(17,6)32-25;1-13-14(8-9-16(25)19(13)20(26)27-21(2,3)4)12-24-28-18-11-15-10-17(22(15,5)6)23(18,7)29-24/h8-9,14,16-18H,10-12H2,1-7H3;8-9,15,17-18H,10-12H2,1-7H3/t14-,16-,17?,18+,24-;15-,17-,18?,23-/m00/s1. The third kappa shape index (κ3) is 8.30. The third-order valence-electron chi connectivity index (χ3n) is 15.2. The molecule has 61 heavy (non-hydrogen) atoms. The molecule has 334 valence electrons. The summed E-state index contributed by atoms with van der Waals surface area (Å²) in [6.07, 6.45) is 5.29. The molecule has 2 aliphatic heterocycles. The Balaban J connectivity index is 0.000000185. The molecule has 2 aromatic carbocycles. The molecule has 8 fully saturated rings. The molecule has 0 aromatic heterocycles. The van der Waals surface area contributed by atoms with Gasteiger partial charge in [0, 0.05) is 6.32 Å². The second-order valence-corrected chi connectivity index (χ2v) is 22.5. The summed E-state index contributed by atoms with van der Waals surface area (Å²) in [5, 5.41) is -0.524. The number of hydrogen-bond donors (Lipinski definition) is 0. The molecule has 2 unspecified atom stereocenters. The molecule has 2 heterocycles. The molecule has 10 rings (SSSR count). The van der Waals surface area contributed by atoms with Gasteiger partial charge in [0.15, 0.2) is 0 Å². The maximum atomic E-state index is 14.6. The van der Waals surface area contributed by atoms with Gasteiger partial charge in [-0.05, 0) is 158 Å². The fraction of sp³-hybridized carbons (Fsp3) is 0.702. The molecule has 0 N–H and O–H groups in total. The number of ether oxygens (including phenoxy) is 3.